The van der Waals surface area contributed by atoms with Crippen LogP contribution in [0.4, 0.5) is 11.4 Å². The predicted octanol–water partition coefficient (Wildman–Crippen LogP) is 14.0. The Morgan fingerprint density at radius 3 is 1.21 bits per heavy atom. The molecule has 0 radical (unpaired) electrons. The second kappa shape index (κ2) is 20.4. The fraction of sp³-hybridized carbons (Fsp3) is 0.286. The molecule has 6 nitrogen and oxygen atoms in total. The van der Waals surface area contributed by atoms with Crippen molar-refractivity contribution < 1.29 is 9.59 Å². The summed E-state index contributed by atoms with van der Waals surface area (Å²) >= 11 is 0. The number of rotatable bonds is 20. The van der Waals surface area contributed by atoms with Crippen LogP contribution in [0.25, 0.3) is 32.9 Å². The van der Waals surface area contributed by atoms with E-state index < -0.39 is 0 Å². The molecule has 314 valence electrons. The Hall–Kier alpha value is -6.40. The topological polar surface area (TPSA) is 65.3 Å². The minimum atomic E-state index is -0.0828. The second-order valence-electron chi connectivity index (χ2n) is 16.7. The molecule has 0 bridgehead atoms. The van der Waals surface area contributed by atoms with Gasteiger partial charge < -0.3 is 9.80 Å². The van der Waals surface area contributed by atoms with Crippen molar-refractivity contribution in [3.05, 3.63) is 167 Å². The fourth-order valence-corrected chi connectivity index (χ4v) is 8.91. The Bertz CT molecular complexity index is 2460. The van der Waals surface area contributed by atoms with E-state index in [0.717, 1.165) is 105 Å². The SMILES string of the molecule is CCCCCCCCN1C(=O)C2=C(c3ccc(C=Nc4cccc5ccccc45)cc3)N(CCCCCCCC)C(=O)C2=C1c1ccc(C=Nc2cccc3ccccc23)cc1. The quantitative estimate of drug-likeness (QED) is 0.0569. The lowest BCUT2D eigenvalue weighted by Gasteiger charge is -2.25. The van der Waals surface area contributed by atoms with Gasteiger partial charge in [-0.25, -0.2) is 0 Å². The smallest absolute Gasteiger partial charge is 0.261 e. The van der Waals surface area contributed by atoms with Gasteiger partial charge in [0.2, 0.25) is 0 Å². The van der Waals surface area contributed by atoms with Crippen LogP contribution in [0.5, 0.6) is 0 Å². The van der Waals surface area contributed by atoms with Gasteiger partial charge in [-0.2, -0.15) is 0 Å². The van der Waals surface area contributed by atoms with E-state index in [-0.39, 0.29) is 11.8 Å². The number of fused-ring (bicyclic) bond motifs is 3. The van der Waals surface area contributed by atoms with Gasteiger partial charge in [-0.15, -0.1) is 0 Å². The number of benzene rings is 6. The van der Waals surface area contributed by atoms with E-state index in [1.807, 2.05) is 119 Å². The molecule has 2 amide bonds. The summed E-state index contributed by atoms with van der Waals surface area (Å²) in [5, 5.41) is 4.51. The molecule has 2 aliphatic rings. The van der Waals surface area contributed by atoms with Gasteiger partial charge in [-0.05, 0) is 58.0 Å². The van der Waals surface area contributed by atoms with E-state index in [2.05, 4.69) is 50.2 Å². The van der Waals surface area contributed by atoms with Gasteiger partial charge in [-0.1, -0.05) is 199 Å². The molecule has 0 unspecified atom stereocenters. The molecule has 0 spiro atoms. The third kappa shape index (κ3) is 9.40. The number of hydrogen-bond acceptors (Lipinski definition) is 4. The maximum absolute atomic E-state index is 14.9. The van der Waals surface area contributed by atoms with E-state index >= 15 is 0 Å². The Morgan fingerprint density at radius 1 is 0.419 bits per heavy atom. The van der Waals surface area contributed by atoms with Gasteiger partial charge in [0.25, 0.3) is 11.8 Å². The summed E-state index contributed by atoms with van der Waals surface area (Å²) in [6.45, 7) is 5.59. The predicted molar refractivity (Wildman–Crippen MR) is 259 cm³/mol. The summed E-state index contributed by atoms with van der Waals surface area (Å²) in [6.07, 6.45) is 17.1. The van der Waals surface area contributed by atoms with Gasteiger partial charge in [0, 0.05) is 36.3 Å². The highest BCUT2D eigenvalue weighted by molar-refractivity contribution is 6.30. The van der Waals surface area contributed by atoms with Crippen LogP contribution in [0.1, 0.15) is 113 Å². The van der Waals surface area contributed by atoms with E-state index in [4.69, 9.17) is 9.98 Å². The van der Waals surface area contributed by atoms with Crippen LogP contribution in [0.15, 0.2) is 155 Å². The Kier molecular flexibility index (Phi) is 13.9. The number of unbranched alkanes of at least 4 members (excludes halogenated alkanes) is 10. The fourth-order valence-electron chi connectivity index (χ4n) is 8.91. The summed E-state index contributed by atoms with van der Waals surface area (Å²) in [6, 6.07) is 45.2. The van der Waals surface area contributed by atoms with Gasteiger partial charge in [-0.3, -0.25) is 19.6 Å². The average Bonchev–Trinajstić information content (AvgIpc) is 3.76. The minimum Gasteiger partial charge on any atom is -0.307 e. The van der Waals surface area contributed by atoms with E-state index in [1.54, 1.807) is 0 Å². The number of amides is 2. The van der Waals surface area contributed by atoms with Crippen molar-refractivity contribution in [2.45, 2.75) is 90.9 Å². The number of aliphatic imine (C=N–C) groups is 2. The second-order valence-corrected chi connectivity index (χ2v) is 16.7. The zero-order valence-corrected chi connectivity index (χ0v) is 36.4. The van der Waals surface area contributed by atoms with Gasteiger partial charge in [0.15, 0.2) is 0 Å². The van der Waals surface area contributed by atoms with E-state index in [1.165, 1.54) is 38.5 Å². The first-order valence-corrected chi connectivity index (χ1v) is 22.9. The van der Waals surface area contributed by atoms with Gasteiger partial charge in [0.1, 0.15) is 0 Å². The van der Waals surface area contributed by atoms with Crippen molar-refractivity contribution in [2.24, 2.45) is 9.98 Å². The maximum atomic E-state index is 14.9. The molecule has 0 aromatic heterocycles. The summed E-state index contributed by atoms with van der Waals surface area (Å²) in [5.41, 5.74) is 7.96. The van der Waals surface area contributed by atoms with Crippen LogP contribution >= 0.6 is 0 Å². The number of carbonyl (C=O) groups is 2. The normalized spacial score (nSPS) is 14.3. The molecule has 0 N–H and O–H groups in total. The lowest BCUT2D eigenvalue weighted by Crippen LogP contribution is -2.31. The first-order valence-electron chi connectivity index (χ1n) is 22.9. The number of hydrogen-bond donors (Lipinski definition) is 0. The highest BCUT2D eigenvalue weighted by Gasteiger charge is 2.48. The monoisotopic (exact) mass is 818 g/mol. The minimum absolute atomic E-state index is 0.0828. The molecule has 6 aromatic rings. The van der Waals surface area contributed by atoms with E-state index in [9.17, 15) is 9.59 Å². The highest BCUT2D eigenvalue weighted by Crippen LogP contribution is 2.47. The van der Waals surface area contributed by atoms with E-state index in [0.29, 0.717) is 24.2 Å². The summed E-state index contributed by atoms with van der Waals surface area (Å²) in [5.74, 6) is -0.166. The third-order valence-corrected chi connectivity index (χ3v) is 12.3. The van der Waals surface area contributed by atoms with Crippen LogP contribution in [-0.2, 0) is 9.59 Å². The Balaban J connectivity index is 1.14. The zero-order valence-electron chi connectivity index (χ0n) is 36.4. The molecule has 2 aliphatic heterocycles. The summed E-state index contributed by atoms with van der Waals surface area (Å²) in [4.78, 5) is 43.4. The highest BCUT2D eigenvalue weighted by atomic mass is 16.2. The molecule has 62 heavy (non-hydrogen) atoms. The molecular weight excluding hydrogens is 761 g/mol. The molecule has 0 atom stereocenters. The largest absolute Gasteiger partial charge is 0.307 e. The standard InChI is InChI=1S/C56H58N4O2/c1-3-5-7-9-11-17-37-59-53(45-33-29-41(30-34-45)39-57-49-27-19-23-43-21-13-15-25-47(43)49)51-52(55(59)61)54(60(56(51)62)38-18-12-10-8-6-4-2)46-35-31-42(32-36-46)40-58-50-28-20-24-44-22-14-16-26-48(44)50/h13-16,19-36,39-40H,3-12,17-18,37-38H2,1-2H3. The molecule has 6 aromatic carbocycles. The maximum Gasteiger partial charge on any atom is 0.261 e. The van der Waals surface area contributed by atoms with Crippen LogP contribution in [0.3, 0.4) is 0 Å². The Morgan fingerprint density at radius 2 is 0.790 bits per heavy atom. The van der Waals surface area contributed by atoms with Crippen molar-refractivity contribution >= 4 is 68.6 Å². The van der Waals surface area contributed by atoms with Crippen molar-refractivity contribution in [3.8, 4) is 0 Å². The molecule has 2 heterocycles. The summed E-state index contributed by atoms with van der Waals surface area (Å²) in [7, 11) is 0. The molecule has 8 rings (SSSR count). The van der Waals surface area contributed by atoms with Gasteiger partial charge in [0.05, 0.1) is 33.9 Å². The molecule has 0 fully saturated rings. The number of nitrogens with zero attached hydrogens (tertiary/aromatic N) is 4. The van der Waals surface area contributed by atoms with Crippen LogP contribution < -0.4 is 0 Å². The molecule has 0 saturated carbocycles. The molecular formula is C56H58N4O2. The average molecular weight is 819 g/mol. The van der Waals surface area contributed by atoms with Crippen LogP contribution in [0, 0.1) is 0 Å². The lowest BCUT2D eigenvalue weighted by molar-refractivity contribution is -0.124. The van der Waals surface area contributed by atoms with Crippen LogP contribution in [0.2, 0.25) is 0 Å². The number of carbonyl (C=O) groups excluding carboxylic acids is 2. The molecule has 0 saturated heterocycles. The molecule has 0 aliphatic carbocycles. The zero-order chi connectivity index (χ0) is 42.7. The first kappa shape index (κ1) is 42.3. The Labute approximate surface area is 367 Å². The third-order valence-electron chi connectivity index (χ3n) is 12.3. The van der Waals surface area contributed by atoms with Crippen molar-refractivity contribution in [1.82, 2.24) is 9.80 Å². The van der Waals surface area contributed by atoms with Crippen molar-refractivity contribution in [2.75, 3.05) is 13.1 Å². The van der Waals surface area contributed by atoms with Gasteiger partial charge >= 0.3 is 0 Å². The molecule has 6 heteroatoms. The first-order chi connectivity index (χ1) is 30.6. The van der Waals surface area contributed by atoms with Crippen molar-refractivity contribution in [3.63, 3.8) is 0 Å². The van der Waals surface area contributed by atoms with Crippen LogP contribution in [-0.4, -0.2) is 47.1 Å². The van der Waals surface area contributed by atoms with Crippen molar-refractivity contribution in [1.29, 1.82) is 0 Å². The lowest BCUT2D eigenvalue weighted by atomic mass is 10.0. The summed E-state index contributed by atoms with van der Waals surface area (Å²) < 4.78 is 0.